The lowest BCUT2D eigenvalue weighted by Crippen LogP contribution is -2.25. The smallest absolute Gasteiger partial charge is 0.0360 e. The van der Waals surface area contributed by atoms with E-state index in [1.54, 1.807) is 0 Å². The summed E-state index contributed by atoms with van der Waals surface area (Å²) in [7, 11) is -0.664. The lowest BCUT2D eigenvalue weighted by atomic mass is 10.1. The molecule has 0 saturated carbocycles. The molecule has 2 nitrogen and oxygen atoms in total. The minimum atomic E-state index is -0.664. The molecule has 0 aliphatic rings. The highest BCUT2D eigenvalue weighted by atomic mass is 32.2. The fourth-order valence-corrected chi connectivity index (χ4v) is 2.31. The maximum atomic E-state index is 11.3. The van der Waals surface area contributed by atoms with Gasteiger partial charge in [0.15, 0.2) is 0 Å². The van der Waals surface area contributed by atoms with E-state index in [1.807, 2.05) is 13.0 Å². The van der Waals surface area contributed by atoms with E-state index in [0.717, 1.165) is 24.5 Å². The highest BCUT2D eigenvalue weighted by Gasteiger charge is 2.07. The van der Waals surface area contributed by atoms with Crippen LogP contribution in [0.1, 0.15) is 31.9 Å². The maximum Gasteiger partial charge on any atom is 0.0360 e. The summed E-state index contributed by atoms with van der Waals surface area (Å²) in [6.07, 6.45) is 1.06. The number of benzene rings is 1. The predicted molar refractivity (Wildman–Crippen MR) is 71.0 cm³/mol. The molecule has 2 atom stereocenters. The molecule has 1 N–H and O–H groups in total. The van der Waals surface area contributed by atoms with Crippen LogP contribution in [-0.4, -0.2) is 22.3 Å². The molecule has 2 unspecified atom stereocenters. The van der Waals surface area contributed by atoms with Gasteiger partial charge >= 0.3 is 0 Å². The van der Waals surface area contributed by atoms with Gasteiger partial charge in [-0.3, -0.25) is 4.21 Å². The second-order valence-corrected chi connectivity index (χ2v) is 5.62. The average molecular weight is 239 g/mol. The predicted octanol–water partition coefficient (Wildman–Crippen LogP) is 2.50. The minimum Gasteiger partial charge on any atom is -0.309 e. The number of hydrogen-bond donors (Lipinski definition) is 1. The van der Waals surface area contributed by atoms with Crippen molar-refractivity contribution >= 4 is 10.8 Å². The molecule has 0 aliphatic carbocycles. The van der Waals surface area contributed by atoms with Gasteiger partial charge < -0.3 is 5.32 Å². The highest BCUT2D eigenvalue weighted by molar-refractivity contribution is 7.84. The van der Waals surface area contributed by atoms with E-state index >= 15 is 0 Å². The van der Waals surface area contributed by atoms with Crippen molar-refractivity contribution in [2.45, 2.75) is 26.3 Å². The molecule has 1 aromatic rings. The van der Waals surface area contributed by atoms with Crippen molar-refractivity contribution in [3.63, 3.8) is 0 Å². The number of hydrogen-bond acceptors (Lipinski definition) is 2. The Bertz CT molecular complexity index is 313. The summed E-state index contributed by atoms with van der Waals surface area (Å²) >= 11 is 0. The second kappa shape index (κ2) is 7.58. The SMILES string of the molecule is CCC(NCCS(=O)CC)c1ccccc1. The monoisotopic (exact) mass is 239 g/mol. The largest absolute Gasteiger partial charge is 0.309 e. The molecule has 0 radical (unpaired) electrons. The Morgan fingerprint density at radius 2 is 1.94 bits per heavy atom. The van der Waals surface area contributed by atoms with E-state index in [-0.39, 0.29) is 0 Å². The number of rotatable bonds is 7. The summed E-state index contributed by atoms with van der Waals surface area (Å²) in [5.74, 6) is 1.50. The third kappa shape index (κ3) is 4.45. The third-order valence-electron chi connectivity index (χ3n) is 2.65. The van der Waals surface area contributed by atoms with E-state index < -0.39 is 10.8 Å². The summed E-state index contributed by atoms with van der Waals surface area (Å²) in [6, 6.07) is 10.8. The molecular weight excluding hydrogens is 218 g/mol. The third-order valence-corrected chi connectivity index (χ3v) is 3.96. The van der Waals surface area contributed by atoms with Crippen molar-refractivity contribution < 1.29 is 4.21 Å². The van der Waals surface area contributed by atoms with Crippen LogP contribution in [0.2, 0.25) is 0 Å². The topological polar surface area (TPSA) is 29.1 Å². The summed E-state index contributed by atoms with van der Waals surface area (Å²) in [4.78, 5) is 0. The molecular formula is C13H21NOS. The first-order valence-corrected chi connectivity index (χ1v) is 7.40. The van der Waals surface area contributed by atoms with E-state index in [1.165, 1.54) is 5.56 Å². The molecule has 90 valence electrons. The Morgan fingerprint density at radius 3 is 2.50 bits per heavy atom. The van der Waals surface area contributed by atoms with Crippen LogP contribution in [0.25, 0.3) is 0 Å². The second-order valence-electron chi connectivity index (χ2n) is 3.76. The van der Waals surface area contributed by atoms with Gasteiger partial charge in [0.05, 0.1) is 0 Å². The van der Waals surface area contributed by atoms with Crippen molar-refractivity contribution in [1.29, 1.82) is 0 Å². The molecule has 3 heteroatoms. The van der Waals surface area contributed by atoms with Crippen LogP contribution in [0.3, 0.4) is 0 Å². The zero-order valence-corrected chi connectivity index (χ0v) is 10.9. The normalized spacial score (nSPS) is 14.6. The van der Waals surface area contributed by atoms with E-state index in [0.29, 0.717) is 6.04 Å². The first kappa shape index (κ1) is 13.4. The fourth-order valence-electron chi connectivity index (χ4n) is 1.67. The van der Waals surface area contributed by atoms with Gasteiger partial charge in [0.1, 0.15) is 0 Å². The van der Waals surface area contributed by atoms with Gasteiger partial charge in [-0.25, -0.2) is 0 Å². The highest BCUT2D eigenvalue weighted by Crippen LogP contribution is 2.15. The van der Waals surface area contributed by atoms with Crippen molar-refractivity contribution in [1.82, 2.24) is 5.32 Å². The Hall–Kier alpha value is -0.670. The molecule has 0 fully saturated rings. The summed E-state index contributed by atoms with van der Waals surface area (Å²) in [6.45, 7) is 4.96. The Kier molecular flexibility index (Phi) is 6.34. The van der Waals surface area contributed by atoms with Gasteiger partial charge in [0.25, 0.3) is 0 Å². The summed E-state index contributed by atoms with van der Waals surface area (Å²) in [5, 5.41) is 3.46. The van der Waals surface area contributed by atoms with Crippen molar-refractivity contribution in [3.8, 4) is 0 Å². The van der Waals surface area contributed by atoms with E-state index in [2.05, 4.69) is 36.5 Å². The fraction of sp³-hybridized carbons (Fsp3) is 0.538. The average Bonchev–Trinajstić information content (AvgIpc) is 2.35. The van der Waals surface area contributed by atoms with Gasteiger partial charge in [-0.2, -0.15) is 0 Å². The maximum absolute atomic E-state index is 11.3. The molecule has 0 heterocycles. The minimum absolute atomic E-state index is 0.384. The zero-order chi connectivity index (χ0) is 11.8. The first-order valence-electron chi connectivity index (χ1n) is 5.91. The molecule has 16 heavy (non-hydrogen) atoms. The summed E-state index contributed by atoms with van der Waals surface area (Å²) < 4.78 is 11.3. The van der Waals surface area contributed by atoms with E-state index in [4.69, 9.17) is 0 Å². The molecule has 0 saturated heterocycles. The molecule has 0 spiro atoms. The summed E-state index contributed by atoms with van der Waals surface area (Å²) in [5.41, 5.74) is 1.31. The van der Waals surface area contributed by atoms with Crippen LogP contribution in [-0.2, 0) is 10.8 Å². The van der Waals surface area contributed by atoms with Crippen LogP contribution in [0.4, 0.5) is 0 Å². The molecule has 0 amide bonds. The molecule has 0 aliphatic heterocycles. The van der Waals surface area contributed by atoms with Crippen molar-refractivity contribution in [2.24, 2.45) is 0 Å². The number of nitrogens with one attached hydrogen (secondary N) is 1. The van der Waals surface area contributed by atoms with Crippen LogP contribution in [0.5, 0.6) is 0 Å². The van der Waals surface area contributed by atoms with Gasteiger partial charge in [0.2, 0.25) is 0 Å². The van der Waals surface area contributed by atoms with Crippen LogP contribution in [0.15, 0.2) is 30.3 Å². The zero-order valence-electron chi connectivity index (χ0n) is 10.1. The lowest BCUT2D eigenvalue weighted by Gasteiger charge is -2.17. The van der Waals surface area contributed by atoms with Crippen LogP contribution >= 0.6 is 0 Å². The van der Waals surface area contributed by atoms with Gasteiger partial charge in [0, 0.05) is 34.9 Å². The van der Waals surface area contributed by atoms with Crippen molar-refractivity contribution in [3.05, 3.63) is 35.9 Å². The molecule has 0 aromatic heterocycles. The molecule has 1 rings (SSSR count). The lowest BCUT2D eigenvalue weighted by molar-refractivity contribution is 0.538. The standard InChI is InChI=1S/C13H21NOS/c1-3-13(12-8-6-5-7-9-12)14-10-11-16(15)4-2/h5-9,13-14H,3-4,10-11H2,1-2H3. The van der Waals surface area contributed by atoms with Gasteiger partial charge in [-0.15, -0.1) is 0 Å². The van der Waals surface area contributed by atoms with Gasteiger partial charge in [-0.05, 0) is 12.0 Å². The van der Waals surface area contributed by atoms with Crippen molar-refractivity contribution in [2.75, 3.05) is 18.1 Å². The quantitative estimate of drug-likeness (QED) is 0.792. The van der Waals surface area contributed by atoms with Crippen LogP contribution in [0, 0.1) is 0 Å². The molecule has 1 aromatic carbocycles. The Morgan fingerprint density at radius 1 is 1.25 bits per heavy atom. The first-order chi connectivity index (χ1) is 7.77. The molecule has 0 bridgehead atoms. The van der Waals surface area contributed by atoms with Gasteiger partial charge in [-0.1, -0.05) is 44.2 Å². The van der Waals surface area contributed by atoms with E-state index in [9.17, 15) is 4.21 Å². The van der Waals surface area contributed by atoms with Crippen LogP contribution < -0.4 is 5.32 Å². The Labute approximate surface area is 101 Å². The Balaban J connectivity index is 2.41.